The van der Waals surface area contributed by atoms with Crippen molar-refractivity contribution in [1.29, 1.82) is 0 Å². The molecular formula is C18H21N5O2S. The topological polar surface area (TPSA) is 84.2 Å². The highest BCUT2D eigenvalue weighted by molar-refractivity contribution is 7.11. The van der Waals surface area contributed by atoms with Crippen molar-refractivity contribution in [1.82, 2.24) is 19.9 Å². The molecule has 7 nitrogen and oxygen atoms in total. The Morgan fingerprint density at radius 2 is 2.12 bits per heavy atom. The van der Waals surface area contributed by atoms with Crippen molar-refractivity contribution in [3.05, 3.63) is 33.7 Å². The van der Waals surface area contributed by atoms with E-state index in [1.807, 2.05) is 13.1 Å². The van der Waals surface area contributed by atoms with Crippen molar-refractivity contribution < 1.29 is 9.21 Å². The molecule has 1 aliphatic rings. The van der Waals surface area contributed by atoms with E-state index in [-0.39, 0.29) is 11.4 Å². The van der Waals surface area contributed by atoms with Gasteiger partial charge < -0.3 is 14.6 Å². The Kier molecular flexibility index (Phi) is 3.95. The van der Waals surface area contributed by atoms with Crippen LogP contribution in [0.5, 0.6) is 0 Å². The van der Waals surface area contributed by atoms with Gasteiger partial charge in [-0.2, -0.15) is 0 Å². The Bertz CT molecular complexity index is 989. The maximum absolute atomic E-state index is 13.1. The first-order valence-electron chi connectivity index (χ1n) is 8.55. The fourth-order valence-electron chi connectivity index (χ4n) is 2.93. The lowest BCUT2D eigenvalue weighted by Crippen LogP contribution is -2.27. The molecule has 1 saturated carbocycles. The number of carbonyl (C=O) groups is 1. The average Bonchev–Trinajstić information content (AvgIpc) is 3.00. The number of nitrogens with zero attached hydrogens (tertiary/aromatic N) is 4. The van der Waals surface area contributed by atoms with E-state index in [0.717, 1.165) is 22.7 Å². The summed E-state index contributed by atoms with van der Waals surface area (Å²) in [6, 6.07) is 0. The second-order valence-corrected chi connectivity index (χ2v) is 8.47. The number of aryl methyl sites for hydroxylation is 2. The maximum Gasteiger partial charge on any atom is 0.258 e. The lowest BCUT2D eigenvalue weighted by molar-refractivity contribution is 0.0785. The number of thiazole rings is 1. The molecule has 8 heteroatoms. The predicted octanol–water partition coefficient (Wildman–Crippen LogP) is 3.53. The van der Waals surface area contributed by atoms with Gasteiger partial charge >= 0.3 is 0 Å². The number of carbonyl (C=O) groups excluding carboxylic acids is 1. The highest BCUT2D eigenvalue weighted by Crippen LogP contribution is 2.40. The molecule has 26 heavy (non-hydrogen) atoms. The molecule has 0 unspecified atom stereocenters. The van der Waals surface area contributed by atoms with Crippen molar-refractivity contribution in [2.75, 3.05) is 12.4 Å². The van der Waals surface area contributed by atoms with Crippen LogP contribution in [0.25, 0.3) is 11.1 Å². The van der Waals surface area contributed by atoms with Gasteiger partial charge in [-0.1, -0.05) is 0 Å². The van der Waals surface area contributed by atoms with Gasteiger partial charge in [0, 0.05) is 23.7 Å². The Morgan fingerprint density at radius 1 is 1.35 bits per heavy atom. The van der Waals surface area contributed by atoms with E-state index < -0.39 is 0 Å². The highest BCUT2D eigenvalue weighted by Gasteiger charge is 2.38. The summed E-state index contributed by atoms with van der Waals surface area (Å²) in [5.74, 6) is 1.10. The minimum atomic E-state index is -0.118. The molecule has 0 aliphatic heterocycles. The average molecular weight is 371 g/mol. The molecule has 0 saturated heterocycles. The monoisotopic (exact) mass is 371 g/mol. The zero-order chi connectivity index (χ0) is 18.5. The number of rotatable bonds is 5. The number of furan rings is 1. The van der Waals surface area contributed by atoms with Crippen LogP contribution in [0.2, 0.25) is 0 Å². The molecule has 3 aromatic rings. The van der Waals surface area contributed by atoms with E-state index in [1.54, 1.807) is 30.2 Å². The lowest BCUT2D eigenvalue weighted by atomic mass is 10.1. The number of anilines is 1. The van der Waals surface area contributed by atoms with Crippen LogP contribution in [-0.4, -0.2) is 38.3 Å². The third kappa shape index (κ3) is 3.05. The molecular weight excluding hydrogens is 350 g/mol. The quantitative estimate of drug-likeness (QED) is 0.738. The standard InChI is InChI=1S/C18H21N5O2S/c1-10-7-19-12(26-10)8-23(4)17(24)13-11(2)25-16-14(13)15(20-9-21-16)22-18(3)5-6-18/h7,9H,5-6,8H2,1-4H3,(H,20,21,22). The normalized spacial score (nSPS) is 15.2. The lowest BCUT2D eigenvalue weighted by Gasteiger charge is -2.17. The van der Waals surface area contributed by atoms with E-state index in [0.29, 0.717) is 34.8 Å². The van der Waals surface area contributed by atoms with Crippen LogP contribution in [-0.2, 0) is 6.54 Å². The molecule has 3 heterocycles. The van der Waals surface area contributed by atoms with Crippen molar-refractivity contribution in [2.24, 2.45) is 0 Å². The number of fused-ring (bicyclic) bond motifs is 1. The van der Waals surface area contributed by atoms with Gasteiger partial charge in [0.25, 0.3) is 5.91 Å². The second kappa shape index (κ2) is 6.05. The highest BCUT2D eigenvalue weighted by atomic mass is 32.1. The fraction of sp³-hybridized carbons (Fsp3) is 0.444. The van der Waals surface area contributed by atoms with Crippen molar-refractivity contribution >= 4 is 34.2 Å². The van der Waals surface area contributed by atoms with Gasteiger partial charge in [0.2, 0.25) is 5.71 Å². The largest absolute Gasteiger partial charge is 0.442 e. The molecule has 0 aromatic carbocycles. The Balaban J connectivity index is 1.70. The summed E-state index contributed by atoms with van der Waals surface area (Å²) in [6.07, 6.45) is 5.46. The van der Waals surface area contributed by atoms with Crippen molar-refractivity contribution in [3.8, 4) is 0 Å². The second-order valence-electron chi connectivity index (χ2n) is 7.15. The number of hydrogen-bond acceptors (Lipinski definition) is 7. The Morgan fingerprint density at radius 3 is 2.77 bits per heavy atom. The number of aromatic nitrogens is 3. The summed E-state index contributed by atoms with van der Waals surface area (Å²) in [6.45, 7) is 6.40. The molecule has 0 spiro atoms. The number of amides is 1. The molecule has 1 fully saturated rings. The van der Waals surface area contributed by atoms with Gasteiger partial charge in [-0.15, -0.1) is 11.3 Å². The molecule has 0 radical (unpaired) electrons. The van der Waals surface area contributed by atoms with Gasteiger partial charge in [0.05, 0.1) is 17.5 Å². The summed E-state index contributed by atoms with van der Waals surface area (Å²) >= 11 is 1.59. The van der Waals surface area contributed by atoms with Crippen LogP contribution in [0.1, 0.15) is 45.8 Å². The molecule has 0 atom stereocenters. The third-order valence-electron chi connectivity index (χ3n) is 4.69. The summed E-state index contributed by atoms with van der Waals surface area (Å²) in [5.41, 5.74) is 0.992. The van der Waals surface area contributed by atoms with E-state index in [9.17, 15) is 4.79 Å². The van der Waals surface area contributed by atoms with Crippen LogP contribution in [0, 0.1) is 13.8 Å². The Labute approximate surface area is 155 Å². The smallest absolute Gasteiger partial charge is 0.258 e. The number of nitrogens with one attached hydrogen (secondary N) is 1. The van der Waals surface area contributed by atoms with Crippen LogP contribution >= 0.6 is 11.3 Å². The zero-order valence-corrected chi connectivity index (χ0v) is 16.1. The molecule has 4 rings (SSSR count). The summed E-state index contributed by atoms with van der Waals surface area (Å²) in [5, 5.41) is 5.01. The van der Waals surface area contributed by atoms with Crippen LogP contribution in [0.15, 0.2) is 16.9 Å². The van der Waals surface area contributed by atoms with Gasteiger partial charge in [0.1, 0.15) is 22.9 Å². The first-order valence-corrected chi connectivity index (χ1v) is 9.37. The fourth-order valence-corrected chi connectivity index (χ4v) is 3.78. The molecule has 0 bridgehead atoms. The van der Waals surface area contributed by atoms with Crippen LogP contribution < -0.4 is 5.32 Å². The maximum atomic E-state index is 13.1. The molecule has 1 amide bonds. The van der Waals surface area contributed by atoms with Crippen LogP contribution in [0.4, 0.5) is 5.82 Å². The van der Waals surface area contributed by atoms with Crippen LogP contribution in [0.3, 0.4) is 0 Å². The molecule has 1 N–H and O–H groups in total. The van der Waals surface area contributed by atoms with Crippen molar-refractivity contribution in [3.63, 3.8) is 0 Å². The summed E-state index contributed by atoms with van der Waals surface area (Å²) in [7, 11) is 1.77. The van der Waals surface area contributed by atoms with E-state index in [2.05, 4.69) is 27.2 Å². The molecule has 3 aromatic heterocycles. The molecule has 1 aliphatic carbocycles. The SMILES string of the molecule is Cc1cnc(CN(C)C(=O)c2c(C)oc3ncnc(NC4(C)CC4)c23)s1. The van der Waals surface area contributed by atoms with E-state index in [1.165, 1.54) is 6.33 Å². The van der Waals surface area contributed by atoms with E-state index >= 15 is 0 Å². The van der Waals surface area contributed by atoms with Gasteiger partial charge in [-0.25, -0.2) is 15.0 Å². The van der Waals surface area contributed by atoms with Gasteiger partial charge in [-0.3, -0.25) is 4.79 Å². The summed E-state index contributed by atoms with van der Waals surface area (Å²) in [4.78, 5) is 28.8. The van der Waals surface area contributed by atoms with E-state index in [4.69, 9.17) is 4.42 Å². The zero-order valence-electron chi connectivity index (χ0n) is 15.3. The molecule has 136 valence electrons. The predicted molar refractivity (Wildman–Crippen MR) is 100 cm³/mol. The van der Waals surface area contributed by atoms with Crippen molar-refractivity contribution in [2.45, 2.75) is 45.7 Å². The van der Waals surface area contributed by atoms with Gasteiger partial charge in [-0.05, 0) is 33.6 Å². The first kappa shape index (κ1) is 17.0. The Hall–Kier alpha value is -2.48. The number of hydrogen-bond donors (Lipinski definition) is 1. The first-order chi connectivity index (χ1) is 12.4. The minimum Gasteiger partial charge on any atom is -0.442 e. The minimum absolute atomic E-state index is 0.0388. The summed E-state index contributed by atoms with van der Waals surface area (Å²) < 4.78 is 5.75. The van der Waals surface area contributed by atoms with Gasteiger partial charge in [0.15, 0.2) is 0 Å². The third-order valence-corrected chi connectivity index (χ3v) is 5.58.